The number of nitrogens with two attached hydrogens (primary N) is 2. The molecule has 24 heteroatoms. The smallest absolute Gasteiger partial charge is 0.295 e. The van der Waals surface area contributed by atoms with Gasteiger partial charge in [0.25, 0.3) is 35.2 Å². The molecule has 2 aliphatic heterocycles. The fourth-order valence-electron chi connectivity index (χ4n) is 10.4. The van der Waals surface area contributed by atoms with Crippen LogP contribution in [-0.4, -0.2) is 165 Å². The van der Waals surface area contributed by atoms with Crippen LogP contribution in [0.15, 0.2) is 115 Å². The van der Waals surface area contributed by atoms with Gasteiger partial charge >= 0.3 is 129 Å². The van der Waals surface area contributed by atoms with Gasteiger partial charge in [0.1, 0.15) is 21.8 Å². The topological polar surface area (TPSA) is 276 Å². The molecule has 8 aromatic rings. The number of hydrogen-bond donors (Lipinski definition) is 4. The number of hydrogen-bond acceptors (Lipinski definition) is 14. The minimum atomic E-state index is -2.36. The molecule has 0 saturated carbocycles. The number of carbonyl (C=O) groups excluding carboxylic acids is 6. The van der Waals surface area contributed by atoms with E-state index in [1.807, 2.05) is 30.5 Å². The summed E-state index contributed by atoms with van der Waals surface area (Å²) in [6.45, 7) is 9.42. The van der Waals surface area contributed by atoms with Crippen molar-refractivity contribution in [2.24, 2.45) is 0 Å². The van der Waals surface area contributed by atoms with E-state index < -0.39 is 41.8 Å². The van der Waals surface area contributed by atoms with Gasteiger partial charge in [0, 0.05) is 99.0 Å². The first-order valence-corrected chi connectivity index (χ1v) is 37.1. The molecule has 446 valence electrons. The molecule has 2 fully saturated rings. The third-order valence-corrected chi connectivity index (χ3v) is 31.3. The number of fused-ring (bicyclic) bond motifs is 2. The zero-order valence-electron chi connectivity index (χ0n) is 47.1. The van der Waals surface area contributed by atoms with Gasteiger partial charge in [-0.25, -0.2) is 15.0 Å². The van der Waals surface area contributed by atoms with Crippen molar-refractivity contribution in [3.8, 4) is 11.4 Å². The number of piperazine rings is 2. The van der Waals surface area contributed by atoms with Crippen LogP contribution in [0.25, 0.3) is 33.2 Å². The summed E-state index contributed by atoms with van der Waals surface area (Å²) in [5, 5.41) is 1.36. The van der Waals surface area contributed by atoms with E-state index in [0.717, 1.165) is 0 Å². The molecule has 2 saturated heterocycles. The summed E-state index contributed by atoms with van der Waals surface area (Å²) >= 11 is 13.5. The first-order chi connectivity index (χ1) is 40.6. The van der Waals surface area contributed by atoms with Gasteiger partial charge in [-0.05, 0) is 40.2 Å². The number of H-pyrrole nitrogens is 2. The molecule has 20 nitrogen and oxygen atoms in total. The number of anilines is 2. The summed E-state index contributed by atoms with van der Waals surface area (Å²) in [7, 11) is 0. The van der Waals surface area contributed by atoms with Gasteiger partial charge in [0.2, 0.25) is 0 Å². The Morgan fingerprint density at radius 1 is 0.529 bits per heavy atom. The summed E-state index contributed by atoms with van der Waals surface area (Å²) in [5.41, 5.74) is 14.8. The van der Waals surface area contributed by atoms with E-state index in [4.69, 9.17) is 39.7 Å². The number of amides is 4. The molecule has 10 rings (SSSR count). The first kappa shape index (κ1) is 65.2. The second-order valence-electron chi connectivity index (χ2n) is 20.6. The molecule has 85 heavy (non-hydrogen) atoms. The summed E-state index contributed by atoms with van der Waals surface area (Å²) in [6, 6.07) is 18.0. The number of nitrogen functional groups attached to an aromatic ring is 2. The predicted octanol–water partition coefficient (Wildman–Crippen LogP) is 10.3. The molecule has 6 aromatic heterocycles. The Hall–Kier alpha value is -7.34. The Kier molecular flexibility index (Phi) is 23.5. The Labute approximate surface area is 516 Å². The molecule has 4 amide bonds. The van der Waals surface area contributed by atoms with E-state index in [1.165, 1.54) is 103 Å². The van der Waals surface area contributed by atoms with Crippen molar-refractivity contribution in [2.75, 3.05) is 63.8 Å². The van der Waals surface area contributed by atoms with Crippen LogP contribution in [-0.2, 0) is 9.59 Å². The number of nitrogens with one attached hydrogen (secondary N) is 2. The van der Waals surface area contributed by atoms with E-state index in [9.17, 15) is 28.8 Å². The van der Waals surface area contributed by atoms with Crippen molar-refractivity contribution < 1.29 is 28.8 Å². The average molecular weight is 1370 g/mol. The van der Waals surface area contributed by atoms with Crippen molar-refractivity contribution in [1.29, 1.82) is 0 Å². The summed E-state index contributed by atoms with van der Waals surface area (Å²) in [6.07, 6.45) is 20.3. The number of rotatable bonds is 17. The number of Topliss-reactive ketones (excluding diaryl/α,β-unsaturated/α-hetero) is 2. The molecule has 0 radical (unpaired) electrons. The van der Waals surface area contributed by atoms with Crippen molar-refractivity contribution >= 4 is 130 Å². The fraction of sp³-hybridized carbons (Fsp3) is 0.344. The molecule has 2 aromatic carbocycles. The van der Waals surface area contributed by atoms with Crippen molar-refractivity contribution in [3.05, 3.63) is 147 Å². The van der Waals surface area contributed by atoms with E-state index in [-0.39, 0.29) is 54.3 Å². The molecule has 2 aliphatic rings. The van der Waals surface area contributed by atoms with Crippen LogP contribution in [0.3, 0.4) is 0 Å². The minimum absolute atomic E-state index is 0. The second-order valence-corrected chi connectivity index (χ2v) is 35.2. The van der Waals surface area contributed by atoms with Crippen LogP contribution in [0.4, 0.5) is 11.6 Å². The molecule has 0 aliphatic carbocycles. The molecular weight excluding hydrogens is 1290 g/mol. The van der Waals surface area contributed by atoms with Crippen molar-refractivity contribution in [2.45, 2.75) is 80.0 Å². The van der Waals surface area contributed by atoms with E-state index >= 15 is 0 Å². The maximum atomic E-state index is 13.2. The summed E-state index contributed by atoms with van der Waals surface area (Å²) in [4.78, 5) is 115. The van der Waals surface area contributed by atoms with Crippen LogP contribution in [0.2, 0.25) is 23.4 Å². The molecule has 6 N–H and O–H groups in total. The Bertz CT molecular complexity index is 3580. The molecule has 0 spiro atoms. The number of halogens is 3. The number of unbranched alkanes of at least 4 members (excludes halogenated alkanes) is 3. The number of nitrogens with zero attached hydrogens (tertiary/aromatic N) is 10. The van der Waals surface area contributed by atoms with Crippen molar-refractivity contribution in [1.82, 2.24) is 59.5 Å². The Morgan fingerprint density at radius 3 is 1.36 bits per heavy atom. The first-order valence-electron chi connectivity index (χ1n) is 28.1. The molecule has 0 atom stereocenters. The predicted molar refractivity (Wildman–Crippen MR) is 340 cm³/mol. The van der Waals surface area contributed by atoms with Crippen LogP contribution in [0, 0.1) is 0 Å². The third-order valence-electron chi connectivity index (χ3n) is 15.1. The zero-order valence-corrected chi connectivity index (χ0v) is 53.1. The normalized spacial score (nSPS) is 13.3. The maximum absolute atomic E-state index is 13.2. The van der Waals surface area contributed by atoms with Gasteiger partial charge in [-0.1, -0.05) is 67.0 Å². The SMILES string of the molecule is C.CCC[CH2][Sn]([CH2]CCC)([CH2]CCC)[c]1cnc(N)cn1.Nc1cnc(-c2ncc(Cl)c3c(C(=O)C(=O)N4CCN(C(=O)c5ccccc5)CC4)c[nH]c23)cn1.O=C(C(=O)N1CCN(C(=O)c2ccccc2)CC1)c1c[nH]c2c(Br)ncc(Cl)c12. The van der Waals surface area contributed by atoms with Gasteiger partial charge in [-0.3, -0.25) is 33.8 Å². The molecule has 0 unspecified atom stereocenters. The van der Waals surface area contributed by atoms with Gasteiger partial charge < -0.3 is 35.3 Å². The minimum Gasteiger partial charge on any atom is -0.382 e. The Morgan fingerprint density at radius 2 is 0.941 bits per heavy atom. The van der Waals surface area contributed by atoms with E-state index in [0.29, 0.717) is 99.0 Å². The fourth-order valence-corrected chi connectivity index (χ4v) is 26.4. The summed E-state index contributed by atoms with van der Waals surface area (Å²) < 4.78 is 6.18. The third kappa shape index (κ3) is 15.6. The van der Waals surface area contributed by atoms with Crippen LogP contribution in [0.5, 0.6) is 0 Å². The number of pyridine rings is 2. The average Bonchev–Trinajstić information content (AvgIpc) is 4.41. The largest absolute Gasteiger partial charge is 0.382 e. The maximum Gasteiger partial charge on any atom is 0.295 e. The van der Waals surface area contributed by atoms with E-state index in [1.54, 1.807) is 52.4 Å². The van der Waals surface area contributed by atoms with Gasteiger partial charge in [0.15, 0.2) is 0 Å². The number of benzene rings is 2. The standard InChI is InChI=1S/C24H20ClN7O3.C20H16BrClN4O3.C4H4N3.3C4H9.CH4.Sn/c25-16-11-30-20(17-12-28-18(26)13-27-17)21-19(16)15(10-29-21)22(33)24(35)32-8-6-31(7-9-32)23(34)14-4-2-1-3-5-14;21-18-16-15(14(22)11-24-18)13(10-23-16)17(27)20(29)26-8-6-25(7-9-26)19(28)12-4-2-1-3-5-12;5-4-3-6-1-2-7-4;3*1-3-4-2;;/h1-5,10-13,29H,6-9H2,(H2,26,28);1-5,10-11,23H,6-9H2;2-3H,(H2,5,7);3*1,3-4H2,2H3;1H4;. The van der Waals surface area contributed by atoms with Crippen LogP contribution in [0.1, 0.15) is 108 Å². The molecule has 0 bridgehead atoms. The zero-order chi connectivity index (χ0) is 59.9. The number of ketones is 2. The number of aromatic amines is 2. The van der Waals surface area contributed by atoms with Crippen LogP contribution < -0.4 is 15.2 Å². The van der Waals surface area contributed by atoms with Gasteiger partial charge in [-0.2, -0.15) is 0 Å². The summed E-state index contributed by atoms with van der Waals surface area (Å²) in [5.74, 6) is -1.96. The molecular formula is C61H71BrCl2N14O6Sn. The van der Waals surface area contributed by atoms with Gasteiger partial charge in [-0.15, -0.1) is 0 Å². The number of carbonyl (C=O) groups is 6. The monoisotopic (exact) mass is 1360 g/mol. The van der Waals surface area contributed by atoms with Crippen molar-refractivity contribution in [3.63, 3.8) is 0 Å². The molecule has 8 heterocycles. The van der Waals surface area contributed by atoms with Gasteiger partial charge in [0.05, 0.1) is 44.6 Å². The number of aromatic nitrogens is 8. The quantitative estimate of drug-likeness (QED) is 0.0286. The van der Waals surface area contributed by atoms with E-state index in [2.05, 4.69) is 71.6 Å². The Balaban J connectivity index is 0.000000189. The second kappa shape index (κ2) is 30.6. The van der Waals surface area contributed by atoms with Crippen LogP contribution >= 0.6 is 39.1 Å².